The quantitative estimate of drug-likeness (QED) is 0.591. The molecule has 2 atom stereocenters. The summed E-state index contributed by atoms with van der Waals surface area (Å²) < 4.78 is 33.3. The monoisotopic (exact) mass is 472 g/mol. The van der Waals surface area contributed by atoms with Crippen LogP contribution in [0.1, 0.15) is 34.8 Å². The van der Waals surface area contributed by atoms with Gasteiger partial charge < -0.3 is 4.74 Å². The number of benzene rings is 2. The number of nitrogens with zero attached hydrogens (tertiary/aromatic N) is 3. The minimum atomic E-state index is -3.74. The highest BCUT2D eigenvalue weighted by Gasteiger charge is 2.32. The van der Waals surface area contributed by atoms with Crippen LogP contribution < -0.4 is 5.32 Å². The van der Waals surface area contributed by atoms with E-state index in [9.17, 15) is 13.2 Å². The maximum Gasteiger partial charge on any atom is 0.257 e. The lowest BCUT2D eigenvalue weighted by Gasteiger charge is -2.34. The molecule has 0 aliphatic carbocycles. The third-order valence-corrected chi connectivity index (χ3v) is 7.67. The molecular formula is C22H24N4O4S2. The molecule has 1 aliphatic heterocycles. The number of carbonyl (C=O) groups excluding carboxylic acids is 1. The largest absolute Gasteiger partial charge is 0.373 e. The van der Waals surface area contributed by atoms with E-state index in [4.69, 9.17) is 4.74 Å². The Morgan fingerprint density at radius 3 is 2.53 bits per heavy atom. The highest BCUT2D eigenvalue weighted by atomic mass is 32.2. The van der Waals surface area contributed by atoms with Crippen LogP contribution in [-0.4, -0.2) is 54.1 Å². The lowest BCUT2D eigenvalue weighted by molar-refractivity contribution is -0.0440. The first-order chi connectivity index (χ1) is 15.3. The Bertz CT molecular complexity index is 1190. The van der Waals surface area contributed by atoms with Crippen molar-refractivity contribution in [2.75, 3.05) is 18.4 Å². The van der Waals surface area contributed by atoms with Gasteiger partial charge in [-0.15, -0.1) is 10.2 Å². The summed E-state index contributed by atoms with van der Waals surface area (Å²) in [6.45, 7) is 4.24. The summed E-state index contributed by atoms with van der Waals surface area (Å²) in [6.07, 6.45) is 0.239. The van der Waals surface area contributed by atoms with E-state index in [2.05, 4.69) is 15.5 Å². The summed E-state index contributed by atoms with van der Waals surface area (Å²) in [5.74, 6) is -0.437. The number of morpholine rings is 1. The summed E-state index contributed by atoms with van der Waals surface area (Å²) in [4.78, 5) is 12.8. The molecule has 1 aliphatic rings. The molecule has 2 heterocycles. The molecule has 32 heavy (non-hydrogen) atoms. The van der Waals surface area contributed by atoms with Crippen LogP contribution in [0.4, 0.5) is 5.13 Å². The Kier molecular flexibility index (Phi) is 6.66. The molecular weight excluding hydrogens is 448 g/mol. The van der Waals surface area contributed by atoms with Crippen molar-refractivity contribution >= 4 is 32.4 Å². The van der Waals surface area contributed by atoms with Crippen molar-refractivity contribution in [3.05, 3.63) is 70.7 Å². The number of rotatable bonds is 6. The summed E-state index contributed by atoms with van der Waals surface area (Å²) in [7, 11) is -3.74. The molecule has 4 rings (SSSR count). The smallest absolute Gasteiger partial charge is 0.257 e. The van der Waals surface area contributed by atoms with Gasteiger partial charge in [0.05, 0.1) is 17.1 Å². The SMILES string of the molecule is C[C@@H]1CN(S(=O)(=O)c2cccc(C(=O)Nc3nnc(Cc4ccccc4)s3)c2)C[C@@H](C)O1. The summed E-state index contributed by atoms with van der Waals surface area (Å²) in [5.41, 5.74) is 1.34. The van der Waals surface area contributed by atoms with Gasteiger partial charge in [0.1, 0.15) is 5.01 Å². The molecule has 1 saturated heterocycles. The maximum absolute atomic E-state index is 13.1. The molecule has 168 valence electrons. The van der Waals surface area contributed by atoms with Crippen molar-refractivity contribution in [3.63, 3.8) is 0 Å². The molecule has 3 aromatic rings. The first kappa shape index (κ1) is 22.5. The van der Waals surface area contributed by atoms with Crippen LogP contribution in [-0.2, 0) is 21.2 Å². The lowest BCUT2D eigenvalue weighted by atomic mass is 10.2. The van der Waals surface area contributed by atoms with Crippen molar-refractivity contribution in [2.24, 2.45) is 0 Å². The Labute approximate surface area is 191 Å². The predicted octanol–water partition coefficient (Wildman–Crippen LogP) is 3.18. The van der Waals surface area contributed by atoms with Crippen LogP contribution >= 0.6 is 11.3 Å². The molecule has 8 nitrogen and oxygen atoms in total. The third-order valence-electron chi connectivity index (χ3n) is 5.01. The molecule has 1 aromatic heterocycles. The van der Waals surface area contributed by atoms with E-state index in [0.717, 1.165) is 10.6 Å². The van der Waals surface area contributed by atoms with Crippen molar-refractivity contribution in [3.8, 4) is 0 Å². The minimum absolute atomic E-state index is 0.0773. The minimum Gasteiger partial charge on any atom is -0.373 e. The van der Waals surface area contributed by atoms with E-state index < -0.39 is 15.9 Å². The molecule has 0 saturated carbocycles. The summed E-state index contributed by atoms with van der Waals surface area (Å²) in [6, 6.07) is 15.9. The van der Waals surface area contributed by atoms with Crippen LogP contribution in [0.2, 0.25) is 0 Å². The predicted molar refractivity (Wildman–Crippen MR) is 122 cm³/mol. The molecule has 2 aromatic carbocycles. The van der Waals surface area contributed by atoms with Crippen molar-refractivity contribution in [2.45, 2.75) is 37.4 Å². The second-order valence-corrected chi connectivity index (χ2v) is 10.7. The molecule has 10 heteroatoms. The average Bonchev–Trinajstić information content (AvgIpc) is 3.20. The van der Waals surface area contributed by atoms with Crippen molar-refractivity contribution in [1.82, 2.24) is 14.5 Å². The molecule has 0 spiro atoms. The lowest BCUT2D eigenvalue weighted by Crippen LogP contribution is -2.48. The first-order valence-corrected chi connectivity index (χ1v) is 12.5. The molecule has 0 unspecified atom stereocenters. The summed E-state index contributed by atoms with van der Waals surface area (Å²) >= 11 is 1.29. The van der Waals surface area contributed by atoms with Gasteiger partial charge in [-0.2, -0.15) is 4.31 Å². The van der Waals surface area contributed by atoms with Gasteiger partial charge in [0.25, 0.3) is 5.91 Å². The van der Waals surface area contributed by atoms with E-state index in [1.54, 1.807) is 12.1 Å². The number of aromatic nitrogens is 2. The van der Waals surface area contributed by atoms with Crippen LogP contribution in [0, 0.1) is 0 Å². The Morgan fingerprint density at radius 1 is 1.09 bits per heavy atom. The van der Waals surface area contributed by atoms with Gasteiger partial charge in [0, 0.05) is 25.1 Å². The number of amides is 1. The van der Waals surface area contributed by atoms with E-state index in [0.29, 0.717) is 11.6 Å². The molecule has 0 bridgehead atoms. The second kappa shape index (κ2) is 9.45. The van der Waals surface area contributed by atoms with Gasteiger partial charge in [0.15, 0.2) is 0 Å². The van der Waals surface area contributed by atoms with Crippen LogP contribution in [0.5, 0.6) is 0 Å². The number of ether oxygens (including phenoxy) is 1. The number of sulfonamides is 1. The van der Waals surface area contributed by atoms with E-state index in [-0.39, 0.29) is 35.8 Å². The van der Waals surface area contributed by atoms with Crippen molar-refractivity contribution < 1.29 is 17.9 Å². The fraction of sp³-hybridized carbons (Fsp3) is 0.318. The van der Waals surface area contributed by atoms with Gasteiger partial charge in [-0.3, -0.25) is 10.1 Å². The fourth-order valence-electron chi connectivity index (χ4n) is 3.59. The van der Waals surface area contributed by atoms with E-state index >= 15 is 0 Å². The first-order valence-electron chi connectivity index (χ1n) is 10.2. The van der Waals surface area contributed by atoms with Gasteiger partial charge in [-0.05, 0) is 37.6 Å². The zero-order valence-corrected chi connectivity index (χ0v) is 19.4. The zero-order chi connectivity index (χ0) is 22.7. The Morgan fingerprint density at radius 2 is 1.81 bits per heavy atom. The second-order valence-electron chi connectivity index (χ2n) is 7.72. The molecule has 1 N–H and O–H groups in total. The number of nitrogens with one attached hydrogen (secondary N) is 1. The van der Waals surface area contributed by atoms with Gasteiger partial charge >= 0.3 is 0 Å². The van der Waals surface area contributed by atoms with E-state index in [1.165, 1.54) is 27.8 Å². The zero-order valence-electron chi connectivity index (χ0n) is 17.8. The Balaban J connectivity index is 1.47. The van der Waals surface area contributed by atoms with Gasteiger partial charge in [0.2, 0.25) is 15.2 Å². The van der Waals surface area contributed by atoms with Crippen molar-refractivity contribution in [1.29, 1.82) is 0 Å². The fourth-order valence-corrected chi connectivity index (χ4v) is 6.00. The topological polar surface area (TPSA) is 101 Å². The van der Waals surface area contributed by atoms with Crippen LogP contribution in [0.25, 0.3) is 0 Å². The normalized spacial score (nSPS) is 19.6. The number of anilines is 1. The molecule has 1 fully saturated rings. The maximum atomic E-state index is 13.1. The third kappa shape index (κ3) is 5.21. The highest BCUT2D eigenvalue weighted by molar-refractivity contribution is 7.89. The average molecular weight is 473 g/mol. The number of carbonyl (C=O) groups is 1. The standard InChI is InChI=1S/C22H24N4O4S2/c1-15-13-26(14-16(2)30-15)32(28,29)19-10-6-9-18(12-19)21(27)23-22-25-24-20(31-22)11-17-7-4-3-5-8-17/h3-10,12,15-16H,11,13-14H2,1-2H3,(H,23,25,27)/t15-,16-/m1/s1. The van der Waals surface area contributed by atoms with Gasteiger partial charge in [-0.25, -0.2) is 8.42 Å². The van der Waals surface area contributed by atoms with Crippen LogP contribution in [0.3, 0.4) is 0 Å². The van der Waals surface area contributed by atoms with E-state index in [1.807, 2.05) is 44.2 Å². The number of hydrogen-bond acceptors (Lipinski definition) is 7. The van der Waals surface area contributed by atoms with Crippen LogP contribution in [0.15, 0.2) is 59.5 Å². The molecule has 0 radical (unpaired) electrons. The number of hydrogen-bond donors (Lipinski definition) is 1. The Hall–Kier alpha value is -2.66. The summed E-state index contributed by atoms with van der Waals surface area (Å²) in [5, 5.41) is 12.0. The highest BCUT2D eigenvalue weighted by Crippen LogP contribution is 2.23. The van der Waals surface area contributed by atoms with Gasteiger partial charge in [-0.1, -0.05) is 47.7 Å². The molecule has 1 amide bonds.